The molecule has 0 spiro atoms. The van der Waals surface area contributed by atoms with Crippen molar-refractivity contribution >= 4 is 15.9 Å². The molecule has 1 saturated heterocycles. The van der Waals surface area contributed by atoms with Crippen molar-refractivity contribution in [3.05, 3.63) is 47.3 Å². The number of amides is 1. The second-order valence-electron chi connectivity index (χ2n) is 8.14. The van der Waals surface area contributed by atoms with Crippen molar-refractivity contribution in [3.63, 3.8) is 0 Å². The Morgan fingerprint density at radius 3 is 2.39 bits per heavy atom. The average Bonchev–Trinajstić information content (AvgIpc) is 3.14. The van der Waals surface area contributed by atoms with Crippen LogP contribution in [0.25, 0.3) is 0 Å². The number of benzene rings is 1. The molecule has 31 heavy (non-hydrogen) atoms. The number of aryl methyl sites for hydroxylation is 3. The van der Waals surface area contributed by atoms with Gasteiger partial charge in [0.2, 0.25) is 10.0 Å². The third-order valence-electron chi connectivity index (χ3n) is 5.91. The van der Waals surface area contributed by atoms with Gasteiger partial charge in [0.1, 0.15) is 22.4 Å². The number of hydrogen-bond donors (Lipinski definition) is 0. The van der Waals surface area contributed by atoms with Crippen molar-refractivity contribution in [2.75, 3.05) is 26.2 Å². The molecule has 2 heterocycles. The van der Waals surface area contributed by atoms with Crippen LogP contribution in [0.4, 0.5) is 0 Å². The molecule has 170 valence electrons. The highest BCUT2D eigenvalue weighted by molar-refractivity contribution is 7.89. The van der Waals surface area contributed by atoms with Gasteiger partial charge in [-0.25, -0.2) is 8.42 Å². The molecule has 0 bridgehead atoms. The van der Waals surface area contributed by atoms with Crippen LogP contribution in [0.1, 0.15) is 48.3 Å². The van der Waals surface area contributed by atoms with Crippen LogP contribution < -0.4 is 4.74 Å². The van der Waals surface area contributed by atoms with Gasteiger partial charge in [-0.1, -0.05) is 26.0 Å². The van der Waals surface area contributed by atoms with Gasteiger partial charge in [0, 0.05) is 52.3 Å². The first-order chi connectivity index (χ1) is 14.7. The summed E-state index contributed by atoms with van der Waals surface area (Å²) in [7, 11) is -1.88. The van der Waals surface area contributed by atoms with Gasteiger partial charge in [-0.3, -0.25) is 4.79 Å². The minimum Gasteiger partial charge on any atom is -0.490 e. The van der Waals surface area contributed by atoms with Gasteiger partial charge in [-0.2, -0.15) is 4.31 Å². The lowest BCUT2D eigenvalue weighted by Crippen LogP contribution is -2.42. The van der Waals surface area contributed by atoms with E-state index in [1.165, 1.54) is 16.6 Å². The molecule has 0 atom stereocenters. The quantitative estimate of drug-likeness (QED) is 0.653. The van der Waals surface area contributed by atoms with Crippen LogP contribution in [0, 0.1) is 13.8 Å². The molecule has 1 aromatic heterocycles. The second kappa shape index (κ2) is 9.44. The number of ether oxygens (including phenoxy) is 1. The fraction of sp³-hybridized carbons (Fsp3) is 0.522. The predicted octanol–water partition coefficient (Wildman–Crippen LogP) is 3.36. The number of aromatic nitrogens is 1. The molecule has 2 aromatic rings. The number of sulfonamides is 1. The van der Waals surface area contributed by atoms with Gasteiger partial charge in [0.25, 0.3) is 5.91 Å². The molecular weight excluding hydrogens is 414 g/mol. The van der Waals surface area contributed by atoms with E-state index in [-0.39, 0.29) is 16.9 Å². The maximum atomic E-state index is 13.1. The maximum Gasteiger partial charge on any atom is 0.270 e. The Labute approximate surface area is 185 Å². The third kappa shape index (κ3) is 4.96. The van der Waals surface area contributed by atoms with Gasteiger partial charge in [0.15, 0.2) is 0 Å². The Bertz CT molecular complexity index is 1030. The van der Waals surface area contributed by atoms with E-state index in [9.17, 15) is 13.2 Å². The summed E-state index contributed by atoms with van der Waals surface area (Å²) in [4.78, 5) is 15.0. The zero-order valence-electron chi connectivity index (χ0n) is 19.1. The molecule has 0 saturated carbocycles. The van der Waals surface area contributed by atoms with E-state index in [0.29, 0.717) is 31.9 Å². The molecule has 8 heteroatoms. The van der Waals surface area contributed by atoms with Gasteiger partial charge in [-0.15, -0.1) is 0 Å². The summed E-state index contributed by atoms with van der Waals surface area (Å²) in [5, 5.41) is 0. The van der Waals surface area contributed by atoms with E-state index in [1.54, 1.807) is 30.4 Å². The molecule has 1 fully saturated rings. The summed E-state index contributed by atoms with van der Waals surface area (Å²) in [5.74, 6) is 0.757. The Hall–Kier alpha value is -2.32. The normalized spacial score (nSPS) is 15.5. The first kappa shape index (κ1) is 23.3. The van der Waals surface area contributed by atoms with Crippen molar-refractivity contribution in [2.45, 2.75) is 51.5 Å². The summed E-state index contributed by atoms with van der Waals surface area (Å²) >= 11 is 0. The molecule has 1 aliphatic heterocycles. The summed E-state index contributed by atoms with van der Waals surface area (Å²) in [6.45, 7) is 9.64. The molecule has 0 unspecified atom stereocenters. The van der Waals surface area contributed by atoms with E-state index < -0.39 is 10.0 Å². The van der Waals surface area contributed by atoms with E-state index in [1.807, 2.05) is 13.8 Å². The molecule has 0 radical (unpaired) electrons. The largest absolute Gasteiger partial charge is 0.490 e. The minimum atomic E-state index is -3.60. The molecule has 1 aliphatic rings. The summed E-state index contributed by atoms with van der Waals surface area (Å²) < 4.78 is 34.8. The molecule has 3 rings (SSSR count). The van der Waals surface area contributed by atoms with E-state index >= 15 is 0 Å². The summed E-state index contributed by atoms with van der Waals surface area (Å²) in [6, 6.07) is 7.67. The van der Waals surface area contributed by atoms with Crippen molar-refractivity contribution in [3.8, 4) is 5.75 Å². The lowest BCUT2D eigenvalue weighted by Gasteiger charge is -2.32. The Balaban J connectivity index is 1.67. The molecule has 0 N–H and O–H groups in total. The number of rotatable bonds is 7. The highest BCUT2D eigenvalue weighted by Crippen LogP contribution is 2.25. The first-order valence-corrected chi connectivity index (χ1v) is 12.3. The van der Waals surface area contributed by atoms with Gasteiger partial charge in [-0.05, 0) is 37.1 Å². The van der Waals surface area contributed by atoms with Gasteiger partial charge < -0.3 is 14.2 Å². The van der Waals surface area contributed by atoms with E-state index in [4.69, 9.17) is 4.74 Å². The topological polar surface area (TPSA) is 71.8 Å². The first-order valence-electron chi connectivity index (χ1n) is 10.9. The number of nitrogens with zero attached hydrogens (tertiary/aromatic N) is 3. The van der Waals surface area contributed by atoms with E-state index in [2.05, 4.69) is 18.2 Å². The Kier molecular flexibility index (Phi) is 7.11. The lowest BCUT2D eigenvalue weighted by molar-refractivity contribution is 0.0585. The summed E-state index contributed by atoms with van der Waals surface area (Å²) in [6.07, 6.45) is 3.08. The lowest BCUT2D eigenvalue weighted by atomic mass is 10.1. The SMILES string of the molecule is CCN(CC)S(=O)(=O)c1cc(C(=O)N2CCC(Oc3cc(C)ccc3C)CC2)n(C)c1. The smallest absolute Gasteiger partial charge is 0.270 e. The Morgan fingerprint density at radius 2 is 1.77 bits per heavy atom. The third-order valence-corrected chi connectivity index (χ3v) is 7.92. The van der Waals surface area contributed by atoms with Crippen LogP contribution in [0.3, 0.4) is 0 Å². The van der Waals surface area contributed by atoms with Crippen LogP contribution in [0.2, 0.25) is 0 Å². The molecule has 0 aliphatic carbocycles. The summed E-state index contributed by atoms with van der Waals surface area (Å²) in [5.41, 5.74) is 2.65. The molecule has 1 aromatic carbocycles. The fourth-order valence-corrected chi connectivity index (χ4v) is 5.48. The predicted molar refractivity (Wildman–Crippen MR) is 121 cm³/mol. The van der Waals surface area contributed by atoms with Gasteiger partial charge in [0.05, 0.1) is 0 Å². The van der Waals surface area contributed by atoms with Crippen molar-refractivity contribution in [1.29, 1.82) is 0 Å². The molecular formula is C23H33N3O4S. The van der Waals surface area contributed by atoms with Crippen LogP contribution in [0.5, 0.6) is 5.75 Å². The van der Waals surface area contributed by atoms with Crippen LogP contribution in [-0.4, -0.2) is 60.4 Å². The average molecular weight is 448 g/mol. The number of piperidine rings is 1. The number of carbonyl (C=O) groups excluding carboxylic acids is 1. The van der Waals surface area contributed by atoms with Gasteiger partial charge >= 0.3 is 0 Å². The zero-order valence-corrected chi connectivity index (χ0v) is 19.9. The van der Waals surface area contributed by atoms with Crippen molar-refractivity contribution in [2.24, 2.45) is 7.05 Å². The number of carbonyl (C=O) groups is 1. The van der Waals surface area contributed by atoms with Crippen molar-refractivity contribution in [1.82, 2.24) is 13.8 Å². The molecule has 1 amide bonds. The van der Waals surface area contributed by atoms with Crippen molar-refractivity contribution < 1.29 is 17.9 Å². The highest BCUT2D eigenvalue weighted by Gasteiger charge is 2.29. The fourth-order valence-electron chi connectivity index (χ4n) is 3.95. The highest BCUT2D eigenvalue weighted by atomic mass is 32.2. The monoisotopic (exact) mass is 447 g/mol. The number of likely N-dealkylation sites (tertiary alicyclic amines) is 1. The van der Waals surface area contributed by atoms with Crippen LogP contribution >= 0.6 is 0 Å². The second-order valence-corrected chi connectivity index (χ2v) is 10.1. The zero-order chi connectivity index (χ0) is 22.8. The minimum absolute atomic E-state index is 0.0663. The Morgan fingerprint density at radius 1 is 1.13 bits per heavy atom. The van der Waals surface area contributed by atoms with Crippen LogP contribution in [0.15, 0.2) is 35.4 Å². The maximum absolute atomic E-state index is 13.1. The van der Waals surface area contributed by atoms with Crippen LogP contribution in [-0.2, 0) is 17.1 Å². The number of hydrogen-bond acceptors (Lipinski definition) is 4. The molecule has 7 nitrogen and oxygen atoms in total. The standard InChI is InChI=1S/C23H33N3O4S/c1-6-26(7-2)31(28,29)20-15-21(24(5)16-20)23(27)25-12-10-19(11-13-25)30-22-14-17(3)8-9-18(22)4/h8-9,14-16,19H,6-7,10-13H2,1-5H3. The van der Waals surface area contributed by atoms with E-state index in [0.717, 1.165) is 29.7 Å².